The molecule has 0 heterocycles. The summed E-state index contributed by atoms with van der Waals surface area (Å²) in [5, 5.41) is 2.97. The summed E-state index contributed by atoms with van der Waals surface area (Å²) in [6, 6.07) is 2.93. The van der Waals surface area contributed by atoms with Crippen molar-refractivity contribution in [1.82, 2.24) is 5.32 Å². The molecule has 0 aliphatic heterocycles. The van der Waals surface area contributed by atoms with Crippen molar-refractivity contribution in [2.45, 2.75) is 6.42 Å². The lowest BCUT2D eigenvalue weighted by atomic mass is 10.2. The molecule has 1 nitrogen and oxygen atoms in total. The maximum atomic E-state index is 13.0. The van der Waals surface area contributed by atoms with Crippen molar-refractivity contribution in [3.8, 4) is 11.8 Å². The molecule has 0 atom stereocenters. The van der Waals surface area contributed by atoms with Gasteiger partial charge in [0, 0.05) is 18.5 Å². The highest BCUT2D eigenvalue weighted by Crippen LogP contribution is 2.24. The Hall–Kier alpha value is -0.750. The molecule has 0 saturated heterocycles. The van der Waals surface area contributed by atoms with E-state index >= 15 is 0 Å². The third-order valence-electron chi connectivity index (χ3n) is 1.72. The molecule has 0 saturated carbocycles. The van der Waals surface area contributed by atoms with E-state index in [4.69, 9.17) is 23.2 Å². The number of benzene rings is 1. The summed E-state index contributed by atoms with van der Waals surface area (Å²) in [5.41, 5.74) is 0.627. The zero-order chi connectivity index (χ0) is 11.3. The maximum absolute atomic E-state index is 13.0. The van der Waals surface area contributed by atoms with Crippen LogP contribution in [0.25, 0.3) is 0 Å². The number of halogens is 3. The Morgan fingerprint density at radius 3 is 2.47 bits per heavy atom. The van der Waals surface area contributed by atoms with E-state index in [9.17, 15) is 4.39 Å². The van der Waals surface area contributed by atoms with E-state index in [1.165, 1.54) is 12.1 Å². The highest BCUT2D eigenvalue weighted by atomic mass is 35.5. The van der Waals surface area contributed by atoms with E-state index in [2.05, 4.69) is 17.2 Å². The predicted octanol–water partition coefficient (Wildman–Crippen LogP) is 3.09. The van der Waals surface area contributed by atoms with E-state index < -0.39 is 5.82 Å². The second kappa shape index (κ2) is 5.97. The molecule has 0 radical (unpaired) electrons. The molecule has 1 aromatic rings. The molecular formula is C11H10Cl2FN. The quantitative estimate of drug-likeness (QED) is 0.480. The summed E-state index contributed by atoms with van der Waals surface area (Å²) < 4.78 is 13.0. The molecule has 0 spiro atoms. The van der Waals surface area contributed by atoms with Gasteiger partial charge in [0.25, 0.3) is 0 Å². The van der Waals surface area contributed by atoms with Crippen LogP contribution in [0.2, 0.25) is 10.0 Å². The normalized spacial score (nSPS) is 9.60. The zero-order valence-electron chi connectivity index (χ0n) is 8.20. The van der Waals surface area contributed by atoms with Gasteiger partial charge in [-0.2, -0.15) is 0 Å². The fourth-order valence-electron chi connectivity index (χ4n) is 0.980. The van der Waals surface area contributed by atoms with Crippen molar-refractivity contribution in [2.75, 3.05) is 13.6 Å². The highest BCUT2D eigenvalue weighted by Gasteiger charge is 2.05. The van der Waals surface area contributed by atoms with Crippen molar-refractivity contribution in [1.29, 1.82) is 0 Å². The summed E-state index contributed by atoms with van der Waals surface area (Å²) in [4.78, 5) is 0. The molecule has 1 rings (SSSR count). The van der Waals surface area contributed by atoms with E-state index in [1.54, 1.807) is 0 Å². The summed E-state index contributed by atoms with van der Waals surface area (Å²) in [7, 11) is 1.85. The van der Waals surface area contributed by atoms with Gasteiger partial charge in [0.05, 0.1) is 10.0 Å². The third kappa shape index (κ3) is 3.71. The van der Waals surface area contributed by atoms with Gasteiger partial charge in [-0.05, 0) is 19.2 Å². The van der Waals surface area contributed by atoms with Gasteiger partial charge in [0.1, 0.15) is 0 Å². The van der Waals surface area contributed by atoms with Crippen molar-refractivity contribution >= 4 is 23.2 Å². The molecule has 0 aliphatic carbocycles. The number of nitrogens with one attached hydrogen (secondary N) is 1. The van der Waals surface area contributed by atoms with Gasteiger partial charge in [-0.25, -0.2) is 4.39 Å². The van der Waals surface area contributed by atoms with Crippen LogP contribution >= 0.6 is 23.2 Å². The average molecular weight is 246 g/mol. The molecule has 4 heteroatoms. The van der Waals surface area contributed by atoms with E-state index in [0.29, 0.717) is 5.56 Å². The summed E-state index contributed by atoms with van der Waals surface area (Å²) in [5.74, 6) is 5.19. The monoisotopic (exact) mass is 245 g/mol. The van der Waals surface area contributed by atoms with Crippen LogP contribution in [0.5, 0.6) is 0 Å². The smallest absolute Gasteiger partial charge is 0.160 e. The van der Waals surface area contributed by atoms with Gasteiger partial charge in [0.15, 0.2) is 5.82 Å². The fraction of sp³-hybridized carbons (Fsp3) is 0.273. The number of hydrogen-bond acceptors (Lipinski definition) is 1. The molecule has 0 aromatic heterocycles. The van der Waals surface area contributed by atoms with Crippen molar-refractivity contribution < 1.29 is 4.39 Å². The Bertz CT molecular complexity index is 384. The number of hydrogen-bond donors (Lipinski definition) is 1. The van der Waals surface area contributed by atoms with Crippen LogP contribution in [0.1, 0.15) is 12.0 Å². The average Bonchev–Trinajstić information content (AvgIpc) is 2.21. The van der Waals surface area contributed by atoms with E-state index in [1.807, 2.05) is 7.05 Å². The van der Waals surface area contributed by atoms with Gasteiger partial charge in [-0.1, -0.05) is 35.0 Å². The van der Waals surface area contributed by atoms with Crippen LogP contribution in [0.3, 0.4) is 0 Å². The van der Waals surface area contributed by atoms with Crippen LogP contribution < -0.4 is 5.32 Å². The molecule has 0 bridgehead atoms. The molecule has 1 N–H and O–H groups in total. The second-order valence-electron chi connectivity index (χ2n) is 2.91. The molecule has 15 heavy (non-hydrogen) atoms. The largest absolute Gasteiger partial charge is 0.319 e. The highest BCUT2D eigenvalue weighted by molar-refractivity contribution is 6.35. The maximum Gasteiger partial charge on any atom is 0.160 e. The third-order valence-corrected chi connectivity index (χ3v) is 2.27. The summed E-state index contributed by atoms with van der Waals surface area (Å²) in [6.07, 6.45) is 0.725. The lowest BCUT2D eigenvalue weighted by Crippen LogP contribution is -2.05. The molecule has 0 unspecified atom stereocenters. The van der Waals surface area contributed by atoms with Crippen molar-refractivity contribution in [3.05, 3.63) is 33.6 Å². The standard InChI is InChI=1S/C11H10Cl2FN/c1-15-5-3-2-4-8-6-9(12)11(14)10(13)7-8/h6-7,15H,3,5H2,1H3. The summed E-state index contributed by atoms with van der Waals surface area (Å²) in [6.45, 7) is 0.815. The number of rotatable bonds is 2. The topological polar surface area (TPSA) is 12.0 Å². The van der Waals surface area contributed by atoms with Crippen molar-refractivity contribution in [2.24, 2.45) is 0 Å². The molecule has 0 fully saturated rings. The van der Waals surface area contributed by atoms with E-state index in [0.717, 1.165) is 13.0 Å². The first kappa shape index (κ1) is 12.3. The Labute approximate surface area is 98.6 Å². The van der Waals surface area contributed by atoms with Crippen LogP contribution in [-0.4, -0.2) is 13.6 Å². The van der Waals surface area contributed by atoms with Gasteiger partial charge in [-0.15, -0.1) is 0 Å². The van der Waals surface area contributed by atoms with Gasteiger partial charge in [0.2, 0.25) is 0 Å². The van der Waals surface area contributed by atoms with E-state index in [-0.39, 0.29) is 10.0 Å². The molecule has 80 valence electrons. The molecule has 0 aliphatic rings. The van der Waals surface area contributed by atoms with Crippen LogP contribution in [0.15, 0.2) is 12.1 Å². The minimum atomic E-state index is -0.598. The first-order valence-corrected chi connectivity index (χ1v) is 5.18. The lowest BCUT2D eigenvalue weighted by Gasteiger charge is -1.98. The fourth-order valence-corrected chi connectivity index (χ4v) is 1.47. The van der Waals surface area contributed by atoms with Crippen LogP contribution in [0, 0.1) is 17.7 Å². The van der Waals surface area contributed by atoms with Crippen molar-refractivity contribution in [3.63, 3.8) is 0 Å². The van der Waals surface area contributed by atoms with Gasteiger partial charge >= 0.3 is 0 Å². The Morgan fingerprint density at radius 2 is 1.93 bits per heavy atom. The lowest BCUT2D eigenvalue weighted by molar-refractivity contribution is 0.628. The molecular weight excluding hydrogens is 236 g/mol. The first-order valence-electron chi connectivity index (χ1n) is 4.43. The Morgan fingerprint density at radius 1 is 1.33 bits per heavy atom. The van der Waals surface area contributed by atoms with Gasteiger partial charge in [-0.3, -0.25) is 0 Å². The second-order valence-corrected chi connectivity index (χ2v) is 3.72. The predicted molar refractivity (Wildman–Crippen MR) is 61.8 cm³/mol. The minimum Gasteiger partial charge on any atom is -0.319 e. The Balaban J connectivity index is 2.81. The zero-order valence-corrected chi connectivity index (χ0v) is 9.71. The van der Waals surface area contributed by atoms with Crippen LogP contribution in [-0.2, 0) is 0 Å². The summed E-state index contributed by atoms with van der Waals surface area (Å²) >= 11 is 11.2. The Kier molecular flexibility index (Phi) is 4.90. The first-order chi connectivity index (χ1) is 7.15. The van der Waals surface area contributed by atoms with Gasteiger partial charge < -0.3 is 5.32 Å². The molecule has 0 amide bonds. The molecule has 1 aromatic carbocycles. The van der Waals surface area contributed by atoms with Crippen LogP contribution in [0.4, 0.5) is 4.39 Å². The SMILES string of the molecule is CNCCC#Cc1cc(Cl)c(F)c(Cl)c1. The minimum absolute atomic E-state index is 0.000386.